The van der Waals surface area contributed by atoms with Crippen LogP contribution in [-0.2, 0) is 7.05 Å². The topological polar surface area (TPSA) is 91.0 Å². The summed E-state index contributed by atoms with van der Waals surface area (Å²) in [7, 11) is 1.70. The lowest BCUT2D eigenvalue weighted by molar-refractivity contribution is 0.0933. The van der Waals surface area contributed by atoms with Crippen LogP contribution in [-0.4, -0.2) is 34.6 Å². The molecular formula is C18H19N5O2. The Kier molecular flexibility index (Phi) is 4.80. The zero-order chi connectivity index (χ0) is 17.8. The summed E-state index contributed by atoms with van der Waals surface area (Å²) < 4.78 is 1.50. The molecule has 0 bridgehead atoms. The maximum absolute atomic E-state index is 12.4. The molecule has 0 saturated carbocycles. The number of nitriles is 1. The first-order valence-electron chi connectivity index (χ1n) is 8.16. The molecule has 1 atom stereocenters. The quantitative estimate of drug-likeness (QED) is 0.904. The van der Waals surface area contributed by atoms with Gasteiger partial charge in [-0.1, -0.05) is 0 Å². The van der Waals surface area contributed by atoms with Crippen molar-refractivity contribution in [3.8, 4) is 6.07 Å². The molecule has 1 fully saturated rings. The van der Waals surface area contributed by atoms with Crippen molar-refractivity contribution in [2.45, 2.75) is 18.9 Å². The molecule has 0 radical (unpaired) electrons. The van der Waals surface area contributed by atoms with Crippen molar-refractivity contribution in [3.05, 3.63) is 58.1 Å². The third-order valence-corrected chi connectivity index (χ3v) is 4.33. The molecule has 25 heavy (non-hydrogen) atoms. The minimum atomic E-state index is -0.176. The predicted octanol–water partition coefficient (Wildman–Crippen LogP) is 1.05. The Morgan fingerprint density at radius 2 is 2.12 bits per heavy atom. The number of carbonyl (C=O) groups excluding carboxylic acids is 1. The Morgan fingerprint density at radius 1 is 1.36 bits per heavy atom. The zero-order valence-electron chi connectivity index (χ0n) is 14.0. The van der Waals surface area contributed by atoms with Gasteiger partial charge in [0.05, 0.1) is 11.6 Å². The fourth-order valence-corrected chi connectivity index (χ4v) is 2.95. The summed E-state index contributed by atoms with van der Waals surface area (Å²) in [5.41, 5.74) is 0.901. The molecule has 0 unspecified atom stereocenters. The first-order valence-corrected chi connectivity index (χ1v) is 8.16. The van der Waals surface area contributed by atoms with Gasteiger partial charge in [0, 0.05) is 44.1 Å². The molecule has 1 aliphatic rings. The molecule has 1 N–H and O–H groups in total. The second-order valence-corrected chi connectivity index (χ2v) is 6.11. The van der Waals surface area contributed by atoms with Gasteiger partial charge in [0.2, 0.25) is 0 Å². The number of nitrogens with one attached hydrogen (secondary N) is 1. The SMILES string of the molecule is Cn1ccnc(N2CCC[C@H](NC(=O)c3ccc(C#N)cc3)C2)c1=O. The lowest BCUT2D eigenvalue weighted by Gasteiger charge is -2.33. The average molecular weight is 337 g/mol. The molecule has 0 aliphatic carbocycles. The highest BCUT2D eigenvalue weighted by molar-refractivity contribution is 5.94. The van der Waals surface area contributed by atoms with Crippen molar-refractivity contribution in [2.75, 3.05) is 18.0 Å². The maximum Gasteiger partial charge on any atom is 0.293 e. The first-order chi connectivity index (χ1) is 12.1. The van der Waals surface area contributed by atoms with Crippen molar-refractivity contribution in [1.82, 2.24) is 14.9 Å². The van der Waals surface area contributed by atoms with Crippen LogP contribution in [0, 0.1) is 11.3 Å². The molecular weight excluding hydrogens is 318 g/mol. The van der Waals surface area contributed by atoms with Gasteiger partial charge in [-0.3, -0.25) is 9.59 Å². The van der Waals surface area contributed by atoms with E-state index in [4.69, 9.17) is 5.26 Å². The van der Waals surface area contributed by atoms with Crippen molar-refractivity contribution >= 4 is 11.7 Å². The van der Waals surface area contributed by atoms with E-state index in [9.17, 15) is 9.59 Å². The van der Waals surface area contributed by atoms with Gasteiger partial charge < -0.3 is 14.8 Å². The Bertz CT molecular complexity index is 866. The summed E-state index contributed by atoms with van der Waals surface area (Å²) in [4.78, 5) is 30.7. The monoisotopic (exact) mass is 337 g/mol. The highest BCUT2D eigenvalue weighted by atomic mass is 16.2. The van der Waals surface area contributed by atoms with Crippen molar-refractivity contribution in [1.29, 1.82) is 5.26 Å². The molecule has 1 aromatic carbocycles. The largest absolute Gasteiger partial charge is 0.350 e. The molecule has 0 spiro atoms. The van der Waals surface area contributed by atoms with Gasteiger partial charge in [-0.25, -0.2) is 4.98 Å². The molecule has 7 nitrogen and oxygen atoms in total. The molecule has 128 valence electrons. The number of piperidine rings is 1. The fraction of sp³-hybridized carbons (Fsp3) is 0.333. The normalized spacial score (nSPS) is 17.0. The van der Waals surface area contributed by atoms with Gasteiger partial charge >= 0.3 is 0 Å². The third kappa shape index (κ3) is 3.69. The number of aromatic nitrogens is 2. The van der Waals surface area contributed by atoms with Crippen LogP contribution >= 0.6 is 0 Å². The molecule has 7 heteroatoms. The standard InChI is InChI=1S/C18H19N5O2/c1-22-10-8-20-16(18(22)25)23-9-2-3-15(12-23)21-17(24)14-6-4-13(11-19)5-7-14/h4-8,10,15H,2-3,9,12H2,1H3,(H,21,24)/t15-/m0/s1. The van der Waals surface area contributed by atoms with Crippen LogP contribution in [0.15, 0.2) is 41.5 Å². The Balaban J connectivity index is 1.69. The fourth-order valence-electron chi connectivity index (χ4n) is 2.95. The van der Waals surface area contributed by atoms with Crippen molar-refractivity contribution in [3.63, 3.8) is 0 Å². The minimum Gasteiger partial charge on any atom is -0.350 e. The smallest absolute Gasteiger partial charge is 0.293 e. The molecule has 1 amide bonds. The van der Waals surface area contributed by atoms with Gasteiger partial charge in [-0.15, -0.1) is 0 Å². The second kappa shape index (κ2) is 7.18. The Hall–Kier alpha value is -3.14. The van der Waals surface area contributed by atoms with Crippen LogP contribution in [0.1, 0.15) is 28.8 Å². The van der Waals surface area contributed by atoms with E-state index < -0.39 is 0 Å². The summed E-state index contributed by atoms with van der Waals surface area (Å²) in [5.74, 6) is 0.243. The number of benzene rings is 1. The van der Waals surface area contributed by atoms with Gasteiger partial charge in [0.25, 0.3) is 11.5 Å². The number of rotatable bonds is 3. The van der Waals surface area contributed by atoms with Gasteiger partial charge in [-0.05, 0) is 37.1 Å². The van der Waals surface area contributed by atoms with Crippen LogP contribution in [0.4, 0.5) is 5.82 Å². The van der Waals surface area contributed by atoms with E-state index in [1.165, 1.54) is 4.57 Å². The van der Waals surface area contributed by atoms with Crippen LogP contribution in [0.5, 0.6) is 0 Å². The van der Waals surface area contributed by atoms with Gasteiger partial charge in [0.1, 0.15) is 0 Å². The minimum absolute atomic E-state index is 0.0522. The van der Waals surface area contributed by atoms with Crippen molar-refractivity contribution in [2.24, 2.45) is 7.05 Å². The molecule has 2 aromatic rings. The highest BCUT2D eigenvalue weighted by Gasteiger charge is 2.24. The van der Waals surface area contributed by atoms with Crippen LogP contribution in [0.2, 0.25) is 0 Å². The molecule has 1 aliphatic heterocycles. The number of carbonyl (C=O) groups is 1. The lowest BCUT2D eigenvalue weighted by atomic mass is 10.0. The molecule has 3 rings (SSSR count). The van der Waals surface area contributed by atoms with Gasteiger partial charge in [0.15, 0.2) is 5.82 Å². The number of hydrogen-bond acceptors (Lipinski definition) is 5. The first kappa shape index (κ1) is 16.7. The van der Waals surface area contributed by atoms with Gasteiger partial charge in [-0.2, -0.15) is 5.26 Å². The van der Waals surface area contributed by atoms with Crippen molar-refractivity contribution < 1.29 is 4.79 Å². The Labute approximate surface area is 145 Å². The molecule has 2 heterocycles. The van der Waals surface area contributed by atoms with E-state index in [1.54, 1.807) is 43.7 Å². The van der Waals surface area contributed by atoms with E-state index in [1.807, 2.05) is 11.0 Å². The molecule has 1 saturated heterocycles. The number of amides is 1. The summed E-state index contributed by atoms with van der Waals surface area (Å²) in [6.07, 6.45) is 4.96. The second-order valence-electron chi connectivity index (χ2n) is 6.11. The zero-order valence-corrected chi connectivity index (χ0v) is 14.0. The molecule has 1 aromatic heterocycles. The third-order valence-electron chi connectivity index (χ3n) is 4.33. The number of hydrogen-bond donors (Lipinski definition) is 1. The maximum atomic E-state index is 12.4. The van der Waals surface area contributed by atoms with E-state index in [2.05, 4.69) is 10.3 Å². The summed E-state index contributed by atoms with van der Waals surface area (Å²) in [6.45, 7) is 1.30. The number of anilines is 1. The van der Waals surface area contributed by atoms with E-state index >= 15 is 0 Å². The lowest BCUT2D eigenvalue weighted by Crippen LogP contribution is -2.49. The summed E-state index contributed by atoms with van der Waals surface area (Å²) >= 11 is 0. The number of nitrogens with zero attached hydrogens (tertiary/aromatic N) is 4. The average Bonchev–Trinajstić information content (AvgIpc) is 2.64. The Morgan fingerprint density at radius 3 is 2.84 bits per heavy atom. The highest BCUT2D eigenvalue weighted by Crippen LogP contribution is 2.15. The van der Waals surface area contributed by atoms with E-state index in [0.717, 1.165) is 19.4 Å². The summed E-state index contributed by atoms with van der Waals surface area (Å²) in [6, 6.07) is 8.51. The van der Waals surface area contributed by atoms with Crippen LogP contribution in [0.25, 0.3) is 0 Å². The predicted molar refractivity (Wildman–Crippen MR) is 93.3 cm³/mol. The van der Waals surface area contributed by atoms with E-state index in [0.29, 0.717) is 23.5 Å². The van der Waals surface area contributed by atoms with Crippen LogP contribution < -0.4 is 15.8 Å². The number of aryl methyl sites for hydroxylation is 1. The summed E-state index contributed by atoms with van der Waals surface area (Å²) in [5, 5.41) is 11.8. The van der Waals surface area contributed by atoms with E-state index in [-0.39, 0.29) is 17.5 Å². The van der Waals surface area contributed by atoms with Crippen LogP contribution in [0.3, 0.4) is 0 Å².